The zero-order valence-electron chi connectivity index (χ0n) is 17.0. The zero-order chi connectivity index (χ0) is 20.1. The number of aromatic nitrogens is 2. The van der Waals surface area contributed by atoms with Crippen molar-refractivity contribution in [3.63, 3.8) is 0 Å². The Hall–Kier alpha value is -2.41. The lowest BCUT2D eigenvalue weighted by molar-refractivity contribution is -0.144. The fourth-order valence-corrected chi connectivity index (χ4v) is 3.75. The van der Waals surface area contributed by atoms with Gasteiger partial charge in [-0.2, -0.15) is 0 Å². The van der Waals surface area contributed by atoms with Gasteiger partial charge in [0.1, 0.15) is 5.82 Å². The van der Waals surface area contributed by atoms with Gasteiger partial charge < -0.3 is 19.9 Å². The van der Waals surface area contributed by atoms with E-state index >= 15 is 0 Å². The number of benzene rings is 1. The molecule has 0 bridgehead atoms. The van der Waals surface area contributed by atoms with E-state index in [0.717, 1.165) is 48.7 Å². The number of carbonyl (C=O) groups is 2. The summed E-state index contributed by atoms with van der Waals surface area (Å²) in [6.45, 7) is 4.19. The summed E-state index contributed by atoms with van der Waals surface area (Å²) in [5.41, 5.74) is 2.41. The number of nitrogens with one attached hydrogen (secondary N) is 2. The second kappa shape index (κ2) is 9.19. The van der Waals surface area contributed by atoms with Gasteiger partial charge in [-0.25, -0.2) is 4.98 Å². The second-order valence-electron chi connectivity index (χ2n) is 7.66. The van der Waals surface area contributed by atoms with Crippen molar-refractivity contribution < 1.29 is 14.3 Å². The van der Waals surface area contributed by atoms with Gasteiger partial charge in [0.15, 0.2) is 0 Å². The summed E-state index contributed by atoms with van der Waals surface area (Å²) in [6, 6.07) is 5.56. The summed E-state index contributed by atoms with van der Waals surface area (Å²) in [4.78, 5) is 28.7. The predicted molar refractivity (Wildman–Crippen MR) is 108 cm³/mol. The van der Waals surface area contributed by atoms with Gasteiger partial charge in [-0.3, -0.25) is 9.59 Å². The highest BCUT2D eigenvalue weighted by atomic mass is 16.5. The van der Waals surface area contributed by atoms with Gasteiger partial charge in [0, 0.05) is 25.6 Å². The molecule has 0 aliphatic carbocycles. The topological polar surface area (TPSA) is 85.2 Å². The third kappa shape index (κ3) is 4.70. The van der Waals surface area contributed by atoms with Crippen LogP contribution in [0, 0.1) is 11.8 Å². The maximum Gasteiger partial charge on any atom is 0.310 e. The van der Waals surface area contributed by atoms with Gasteiger partial charge in [0.2, 0.25) is 0 Å². The van der Waals surface area contributed by atoms with Crippen molar-refractivity contribution >= 4 is 22.9 Å². The van der Waals surface area contributed by atoms with Crippen molar-refractivity contribution in [3.8, 4) is 0 Å². The molecule has 0 spiro atoms. The number of nitrogens with zero attached hydrogens (tertiary/aromatic N) is 2. The summed E-state index contributed by atoms with van der Waals surface area (Å²) in [6.07, 6.45) is 4.57. The molecule has 1 aromatic heterocycles. The molecule has 1 saturated heterocycles. The van der Waals surface area contributed by atoms with Crippen LogP contribution in [0.5, 0.6) is 0 Å². The first-order valence-corrected chi connectivity index (χ1v) is 10.0. The van der Waals surface area contributed by atoms with Crippen LogP contribution in [0.3, 0.4) is 0 Å². The maximum absolute atomic E-state index is 12.4. The van der Waals surface area contributed by atoms with Crippen LogP contribution in [-0.4, -0.2) is 48.2 Å². The molecule has 7 heteroatoms. The first kappa shape index (κ1) is 20.3. The molecule has 3 rings (SSSR count). The molecule has 1 atom stereocenters. The molecule has 1 amide bonds. The predicted octanol–water partition coefficient (Wildman–Crippen LogP) is 2.04. The third-order valence-corrected chi connectivity index (χ3v) is 5.64. The molecule has 2 aromatic rings. The minimum Gasteiger partial charge on any atom is -0.469 e. The van der Waals surface area contributed by atoms with Crippen LogP contribution >= 0.6 is 0 Å². The van der Waals surface area contributed by atoms with Crippen LogP contribution in [0.1, 0.15) is 42.4 Å². The molecule has 1 aliphatic rings. The number of hydrogen-bond acceptors (Lipinski definition) is 5. The van der Waals surface area contributed by atoms with Crippen molar-refractivity contribution in [1.29, 1.82) is 0 Å². The Kier molecular flexibility index (Phi) is 6.67. The van der Waals surface area contributed by atoms with Crippen LogP contribution in [0.25, 0.3) is 11.0 Å². The van der Waals surface area contributed by atoms with Gasteiger partial charge >= 0.3 is 5.97 Å². The van der Waals surface area contributed by atoms with E-state index in [4.69, 9.17) is 4.98 Å². The lowest BCUT2D eigenvalue weighted by atomic mass is 9.93. The SMILES string of the molecule is COC(=O)C(C)CNC(=O)c1ccc2c(c1)nc(CCC1CCNCC1)n2C. The highest BCUT2D eigenvalue weighted by Gasteiger charge is 2.17. The standard InChI is InChI=1S/C21H30N4O3/c1-14(21(27)28-3)13-23-20(26)16-5-6-18-17(12-16)24-19(25(18)2)7-4-15-8-10-22-11-9-15/h5-6,12,14-15,22H,4,7-11,13H2,1-3H3,(H,23,26). The van der Waals surface area contributed by atoms with Crippen LogP contribution in [0.2, 0.25) is 0 Å². The molecular formula is C21H30N4O3. The highest BCUT2D eigenvalue weighted by Crippen LogP contribution is 2.22. The number of methoxy groups -OCH3 is 1. The number of aryl methyl sites for hydroxylation is 2. The molecule has 1 fully saturated rings. The lowest BCUT2D eigenvalue weighted by Gasteiger charge is -2.22. The van der Waals surface area contributed by atoms with E-state index in [9.17, 15) is 9.59 Å². The molecule has 1 aliphatic heterocycles. The molecule has 1 aromatic carbocycles. The minimum atomic E-state index is -0.380. The summed E-state index contributed by atoms with van der Waals surface area (Å²) in [5, 5.41) is 6.19. The maximum atomic E-state index is 12.4. The molecule has 0 radical (unpaired) electrons. The van der Waals surface area contributed by atoms with Crippen LogP contribution in [-0.2, 0) is 23.0 Å². The summed E-state index contributed by atoms with van der Waals surface area (Å²) in [7, 11) is 3.38. The molecular weight excluding hydrogens is 356 g/mol. The minimum absolute atomic E-state index is 0.209. The Bertz CT molecular complexity index is 840. The van der Waals surface area contributed by atoms with Gasteiger partial charge in [-0.05, 0) is 56.5 Å². The first-order valence-electron chi connectivity index (χ1n) is 10.0. The molecule has 2 N–H and O–H groups in total. The molecule has 7 nitrogen and oxygen atoms in total. The van der Waals surface area contributed by atoms with E-state index in [1.54, 1.807) is 13.0 Å². The normalized spacial score (nSPS) is 16.1. The number of rotatable bonds is 7. The van der Waals surface area contributed by atoms with Crippen molar-refractivity contribution in [1.82, 2.24) is 20.2 Å². The second-order valence-corrected chi connectivity index (χ2v) is 7.66. The Morgan fingerprint density at radius 2 is 2.11 bits per heavy atom. The average Bonchev–Trinajstić information content (AvgIpc) is 3.05. The van der Waals surface area contributed by atoms with Crippen molar-refractivity contribution in [2.24, 2.45) is 18.9 Å². The first-order chi connectivity index (χ1) is 13.5. The van der Waals surface area contributed by atoms with Crippen LogP contribution in [0.15, 0.2) is 18.2 Å². The third-order valence-electron chi connectivity index (χ3n) is 5.64. The number of amides is 1. The van der Waals surface area contributed by atoms with Crippen LogP contribution in [0.4, 0.5) is 0 Å². The zero-order valence-corrected chi connectivity index (χ0v) is 17.0. The largest absolute Gasteiger partial charge is 0.469 e. The monoisotopic (exact) mass is 386 g/mol. The van der Waals surface area contributed by atoms with Crippen molar-refractivity contribution in [2.45, 2.75) is 32.6 Å². The van der Waals surface area contributed by atoms with Gasteiger partial charge in [0.05, 0.1) is 24.1 Å². The Labute approximate surface area is 165 Å². The number of carbonyl (C=O) groups excluding carboxylic acids is 2. The number of piperidine rings is 1. The van der Waals surface area contributed by atoms with Gasteiger partial charge in [-0.1, -0.05) is 6.92 Å². The molecule has 1 unspecified atom stereocenters. The molecule has 28 heavy (non-hydrogen) atoms. The number of hydrogen-bond donors (Lipinski definition) is 2. The average molecular weight is 386 g/mol. The number of ether oxygens (including phenoxy) is 1. The van der Waals surface area contributed by atoms with E-state index in [0.29, 0.717) is 5.56 Å². The molecule has 0 saturated carbocycles. The fraction of sp³-hybridized carbons (Fsp3) is 0.571. The smallest absolute Gasteiger partial charge is 0.310 e. The summed E-state index contributed by atoms with van der Waals surface area (Å²) >= 11 is 0. The Morgan fingerprint density at radius 3 is 2.82 bits per heavy atom. The molecule has 152 valence electrons. The number of fused-ring (bicyclic) bond motifs is 1. The molecule has 2 heterocycles. The highest BCUT2D eigenvalue weighted by molar-refractivity contribution is 5.97. The summed E-state index contributed by atoms with van der Waals surface area (Å²) in [5.74, 6) is 0.900. The van der Waals surface area contributed by atoms with Crippen LogP contribution < -0.4 is 10.6 Å². The lowest BCUT2D eigenvalue weighted by Crippen LogP contribution is -2.32. The van der Waals surface area contributed by atoms with Crippen molar-refractivity contribution in [3.05, 3.63) is 29.6 Å². The van der Waals surface area contributed by atoms with E-state index in [-0.39, 0.29) is 24.3 Å². The van der Waals surface area contributed by atoms with E-state index in [2.05, 4.69) is 19.9 Å². The fourth-order valence-electron chi connectivity index (χ4n) is 3.75. The van der Waals surface area contributed by atoms with Gasteiger partial charge in [-0.15, -0.1) is 0 Å². The van der Waals surface area contributed by atoms with Crippen molar-refractivity contribution in [2.75, 3.05) is 26.7 Å². The van der Waals surface area contributed by atoms with Gasteiger partial charge in [0.25, 0.3) is 5.91 Å². The Morgan fingerprint density at radius 1 is 1.36 bits per heavy atom. The number of esters is 1. The number of imidazole rings is 1. The summed E-state index contributed by atoms with van der Waals surface area (Å²) < 4.78 is 6.81. The van der Waals surface area contributed by atoms with E-state index in [1.165, 1.54) is 20.0 Å². The van der Waals surface area contributed by atoms with E-state index < -0.39 is 0 Å². The van der Waals surface area contributed by atoms with E-state index in [1.807, 2.05) is 19.2 Å². The Balaban J connectivity index is 1.65. The quantitative estimate of drug-likeness (QED) is 0.712.